The SMILES string of the molecule is CCCCN1C(=O)CN(C2CCCCC2)C(=O)C1c1ccc(OC)c(OC)c1. The molecule has 154 valence electrons. The highest BCUT2D eigenvalue weighted by Crippen LogP contribution is 2.36. The number of hydrogen-bond acceptors (Lipinski definition) is 4. The zero-order valence-electron chi connectivity index (χ0n) is 17.3. The lowest BCUT2D eigenvalue weighted by atomic mass is 9.91. The molecule has 6 nitrogen and oxygen atoms in total. The van der Waals surface area contributed by atoms with Gasteiger partial charge in [-0.3, -0.25) is 9.59 Å². The van der Waals surface area contributed by atoms with Gasteiger partial charge in [0.05, 0.1) is 14.2 Å². The number of hydrogen-bond donors (Lipinski definition) is 0. The minimum Gasteiger partial charge on any atom is -0.493 e. The van der Waals surface area contributed by atoms with E-state index in [-0.39, 0.29) is 24.4 Å². The molecule has 1 saturated heterocycles. The van der Waals surface area contributed by atoms with Crippen molar-refractivity contribution in [1.82, 2.24) is 9.80 Å². The molecule has 6 heteroatoms. The van der Waals surface area contributed by atoms with E-state index in [1.807, 2.05) is 23.1 Å². The van der Waals surface area contributed by atoms with Crippen molar-refractivity contribution in [3.8, 4) is 11.5 Å². The summed E-state index contributed by atoms with van der Waals surface area (Å²) in [5, 5.41) is 0. The van der Waals surface area contributed by atoms with Gasteiger partial charge in [0.25, 0.3) is 5.91 Å². The van der Waals surface area contributed by atoms with E-state index < -0.39 is 6.04 Å². The van der Waals surface area contributed by atoms with Crippen molar-refractivity contribution in [2.75, 3.05) is 27.3 Å². The minimum atomic E-state index is -0.588. The lowest BCUT2D eigenvalue weighted by molar-refractivity contribution is -0.159. The minimum absolute atomic E-state index is 0.0369. The van der Waals surface area contributed by atoms with Crippen LogP contribution < -0.4 is 9.47 Å². The molecule has 0 N–H and O–H groups in total. The lowest BCUT2D eigenvalue weighted by Crippen LogP contribution is -2.58. The van der Waals surface area contributed by atoms with Crippen molar-refractivity contribution in [2.45, 2.75) is 64.0 Å². The van der Waals surface area contributed by atoms with Gasteiger partial charge in [0.15, 0.2) is 11.5 Å². The molecule has 0 spiro atoms. The molecule has 0 bridgehead atoms. The molecule has 1 unspecified atom stereocenters. The first-order valence-corrected chi connectivity index (χ1v) is 10.4. The summed E-state index contributed by atoms with van der Waals surface area (Å²) in [6.45, 7) is 2.89. The zero-order valence-corrected chi connectivity index (χ0v) is 17.3. The van der Waals surface area contributed by atoms with E-state index in [9.17, 15) is 9.59 Å². The van der Waals surface area contributed by atoms with Gasteiger partial charge in [-0.2, -0.15) is 0 Å². The number of unbranched alkanes of at least 4 members (excludes halogenated alkanes) is 1. The van der Waals surface area contributed by atoms with Crippen molar-refractivity contribution in [3.05, 3.63) is 23.8 Å². The third-order valence-electron chi connectivity index (χ3n) is 5.95. The molecule has 1 saturated carbocycles. The Morgan fingerprint density at radius 2 is 1.75 bits per heavy atom. The van der Waals surface area contributed by atoms with Crippen LogP contribution in [0.15, 0.2) is 18.2 Å². The maximum absolute atomic E-state index is 13.6. The molecule has 2 fully saturated rings. The fraction of sp³-hybridized carbons (Fsp3) is 0.636. The molecule has 1 aliphatic carbocycles. The Kier molecular flexibility index (Phi) is 6.81. The molecule has 0 radical (unpaired) electrons. The second-order valence-electron chi connectivity index (χ2n) is 7.72. The van der Waals surface area contributed by atoms with Crippen LogP contribution in [-0.4, -0.2) is 55.0 Å². The van der Waals surface area contributed by atoms with Crippen LogP contribution in [0.2, 0.25) is 0 Å². The molecular weight excluding hydrogens is 356 g/mol. The first-order chi connectivity index (χ1) is 13.6. The van der Waals surface area contributed by atoms with Gasteiger partial charge in [-0.15, -0.1) is 0 Å². The number of carbonyl (C=O) groups excluding carboxylic acids is 2. The first-order valence-electron chi connectivity index (χ1n) is 10.4. The van der Waals surface area contributed by atoms with Gasteiger partial charge >= 0.3 is 0 Å². The molecular formula is C22H32N2O4. The Balaban J connectivity index is 1.95. The number of carbonyl (C=O) groups is 2. The quantitative estimate of drug-likeness (QED) is 0.717. The molecule has 1 atom stereocenters. The van der Waals surface area contributed by atoms with Crippen LogP contribution in [0.25, 0.3) is 0 Å². The Morgan fingerprint density at radius 3 is 2.39 bits per heavy atom. The number of rotatable bonds is 7. The summed E-state index contributed by atoms with van der Waals surface area (Å²) in [7, 11) is 3.17. The standard InChI is InChI=1S/C22H32N2O4/c1-4-5-13-23-20(25)15-24(17-9-7-6-8-10-17)22(26)21(23)16-11-12-18(27-2)19(14-16)28-3/h11-12,14,17,21H,4-10,13,15H2,1-3H3. The second-order valence-corrected chi connectivity index (χ2v) is 7.72. The highest BCUT2D eigenvalue weighted by Gasteiger charge is 2.42. The summed E-state index contributed by atoms with van der Waals surface area (Å²) < 4.78 is 10.8. The zero-order chi connectivity index (χ0) is 20.1. The Bertz CT molecular complexity index is 700. The smallest absolute Gasteiger partial charge is 0.250 e. The van der Waals surface area contributed by atoms with E-state index in [0.29, 0.717) is 18.0 Å². The molecule has 3 rings (SSSR count). The monoisotopic (exact) mass is 388 g/mol. The van der Waals surface area contributed by atoms with Crippen molar-refractivity contribution in [1.29, 1.82) is 0 Å². The Hall–Kier alpha value is -2.24. The lowest BCUT2D eigenvalue weighted by Gasteiger charge is -2.44. The van der Waals surface area contributed by atoms with Gasteiger partial charge in [0, 0.05) is 12.6 Å². The summed E-state index contributed by atoms with van der Waals surface area (Å²) in [4.78, 5) is 30.2. The average molecular weight is 389 g/mol. The number of amides is 2. The van der Waals surface area contributed by atoms with Crippen LogP contribution >= 0.6 is 0 Å². The molecule has 1 aromatic rings. The summed E-state index contributed by atoms with van der Waals surface area (Å²) in [6, 6.07) is 5.11. The number of ether oxygens (including phenoxy) is 2. The molecule has 2 amide bonds. The van der Waals surface area contributed by atoms with Crippen LogP contribution in [0.5, 0.6) is 11.5 Å². The maximum Gasteiger partial charge on any atom is 0.250 e. The van der Waals surface area contributed by atoms with E-state index in [4.69, 9.17) is 9.47 Å². The van der Waals surface area contributed by atoms with E-state index in [2.05, 4.69) is 6.92 Å². The second kappa shape index (κ2) is 9.30. The fourth-order valence-corrected chi connectivity index (χ4v) is 4.38. The van der Waals surface area contributed by atoms with Gasteiger partial charge < -0.3 is 19.3 Å². The van der Waals surface area contributed by atoms with Crippen molar-refractivity contribution in [2.24, 2.45) is 0 Å². The molecule has 28 heavy (non-hydrogen) atoms. The van der Waals surface area contributed by atoms with Gasteiger partial charge in [0.1, 0.15) is 12.6 Å². The van der Waals surface area contributed by atoms with Crippen LogP contribution in [0.1, 0.15) is 63.5 Å². The fourth-order valence-electron chi connectivity index (χ4n) is 4.38. The molecule has 1 aliphatic heterocycles. The highest BCUT2D eigenvalue weighted by atomic mass is 16.5. The number of methoxy groups -OCH3 is 2. The molecule has 0 aromatic heterocycles. The summed E-state index contributed by atoms with van der Waals surface area (Å²) in [5.41, 5.74) is 0.785. The van der Waals surface area contributed by atoms with Crippen LogP contribution in [0.3, 0.4) is 0 Å². The van der Waals surface area contributed by atoms with Crippen LogP contribution in [-0.2, 0) is 9.59 Å². The van der Waals surface area contributed by atoms with E-state index in [1.165, 1.54) is 6.42 Å². The summed E-state index contributed by atoms with van der Waals surface area (Å²) >= 11 is 0. The first kappa shape index (κ1) is 20.5. The topological polar surface area (TPSA) is 59.1 Å². The summed E-state index contributed by atoms with van der Waals surface area (Å²) in [6.07, 6.45) is 7.31. The van der Waals surface area contributed by atoms with Crippen molar-refractivity contribution >= 4 is 11.8 Å². The third kappa shape index (κ3) is 4.10. The molecule has 1 heterocycles. The Labute approximate surface area is 167 Å². The van der Waals surface area contributed by atoms with E-state index in [0.717, 1.165) is 44.1 Å². The number of nitrogens with zero attached hydrogens (tertiary/aromatic N) is 2. The highest BCUT2D eigenvalue weighted by molar-refractivity contribution is 5.96. The van der Waals surface area contributed by atoms with Gasteiger partial charge in [-0.05, 0) is 37.0 Å². The van der Waals surface area contributed by atoms with Crippen molar-refractivity contribution in [3.63, 3.8) is 0 Å². The van der Waals surface area contributed by atoms with Gasteiger partial charge in [-0.1, -0.05) is 38.7 Å². The third-order valence-corrected chi connectivity index (χ3v) is 5.95. The van der Waals surface area contributed by atoms with Gasteiger partial charge in [0.2, 0.25) is 5.91 Å². The van der Waals surface area contributed by atoms with E-state index >= 15 is 0 Å². The maximum atomic E-state index is 13.6. The summed E-state index contributed by atoms with van der Waals surface area (Å²) in [5.74, 6) is 1.27. The van der Waals surface area contributed by atoms with Crippen LogP contribution in [0, 0.1) is 0 Å². The number of benzene rings is 1. The normalized spacial score (nSPS) is 21.2. The van der Waals surface area contributed by atoms with Crippen molar-refractivity contribution < 1.29 is 19.1 Å². The predicted molar refractivity (Wildman–Crippen MR) is 107 cm³/mol. The predicted octanol–water partition coefficient (Wildman–Crippen LogP) is 3.55. The molecule has 2 aliphatic rings. The average Bonchev–Trinajstić information content (AvgIpc) is 2.74. The van der Waals surface area contributed by atoms with Crippen LogP contribution in [0.4, 0.5) is 0 Å². The van der Waals surface area contributed by atoms with Gasteiger partial charge in [-0.25, -0.2) is 0 Å². The Morgan fingerprint density at radius 1 is 1.04 bits per heavy atom. The largest absolute Gasteiger partial charge is 0.493 e. The number of piperazine rings is 1. The molecule has 1 aromatic carbocycles. The van der Waals surface area contributed by atoms with E-state index in [1.54, 1.807) is 19.1 Å².